The van der Waals surface area contributed by atoms with Crippen molar-refractivity contribution in [2.75, 3.05) is 31.6 Å². The number of carbonyl (C=O) groups excluding carboxylic acids is 2. The van der Waals surface area contributed by atoms with Gasteiger partial charge in [-0.15, -0.1) is 11.3 Å². The summed E-state index contributed by atoms with van der Waals surface area (Å²) in [5.41, 5.74) is 1.44. The molecule has 2 N–H and O–H groups in total. The second kappa shape index (κ2) is 8.27. The first-order chi connectivity index (χ1) is 12.2. The van der Waals surface area contributed by atoms with Gasteiger partial charge in [0.2, 0.25) is 0 Å². The number of thiophene rings is 1. The van der Waals surface area contributed by atoms with E-state index in [0.29, 0.717) is 23.7 Å². The molecule has 0 spiro atoms. The summed E-state index contributed by atoms with van der Waals surface area (Å²) >= 11 is 1.41. The van der Waals surface area contributed by atoms with Crippen LogP contribution in [-0.2, 0) is 9.53 Å². The Morgan fingerprint density at radius 3 is 2.60 bits per heavy atom. The number of nitrogens with one attached hydrogen (secondary N) is 2. The number of hydrogen-bond donors (Lipinski definition) is 2. The molecule has 0 saturated carbocycles. The van der Waals surface area contributed by atoms with Crippen LogP contribution in [0.25, 0.3) is 10.4 Å². The fraction of sp³-hybridized carbons (Fsp3) is 0.368. The summed E-state index contributed by atoms with van der Waals surface area (Å²) in [6, 6.07) is 11.6. The van der Waals surface area contributed by atoms with Crippen LogP contribution in [0.15, 0.2) is 36.4 Å². The molecule has 0 aliphatic carbocycles. The van der Waals surface area contributed by atoms with Gasteiger partial charge in [0.25, 0.3) is 5.91 Å². The second-order valence-corrected chi connectivity index (χ2v) is 7.17. The molecule has 2 heterocycles. The summed E-state index contributed by atoms with van der Waals surface area (Å²) < 4.78 is 5.14. The van der Waals surface area contributed by atoms with Gasteiger partial charge in [0.05, 0.1) is 25.3 Å². The van der Waals surface area contributed by atoms with E-state index in [4.69, 9.17) is 4.74 Å². The number of likely N-dealkylation sites (tertiary alicyclic amines) is 1. The quantitative estimate of drug-likeness (QED) is 0.778. The first-order valence-corrected chi connectivity index (χ1v) is 9.49. The summed E-state index contributed by atoms with van der Waals surface area (Å²) in [4.78, 5) is 26.9. The summed E-state index contributed by atoms with van der Waals surface area (Å²) in [5.74, 6) is -0.450. The van der Waals surface area contributed by atoms with Gasteiger partial charge in [-0.3, -0.25) is 4.79 Å². The lowest BCUT2D eigenvalue weighted by molar-refractivity contribution is -0.878. The van der Waals surface area contributed by atoms with Gasteiger partial charge >= 0.3 is 5.97 Å². The Kier molecular flexibility index (Phi) is 5.83. The van der Waals surface area contributed by atoms with Crippen molar-refractivity contribution in [3.05, 3.63) is 42.0 Å². The minimum atomic E-state index is -0.398. The molecule has 0 radical (unpaired) electrons. The van der Waals surface area contributed by atoms with Crippen molar-refractivity contribution in [1.82, 2.24) is 0 Å². The summed E-state index contributed by atoms with van der Waals surface area (Å²) in [7, 11) is 0. The molecule has 0 atom stereocenters. The first-order valence-electron chi connectivity index (χ1n) is 8.67. The minimum absolute atomic E-state index is 0.0519. The lowest BCUT2D eigenvalue weighted by Gasteiger charge is -2.11. The lowest BCUT2D eigenvalue weighted by Crippen LogP contribution is -3.11. The predicted molar refractivity (Wildman–Crippen MR) is 99.1 cm³/mol. The fourth-order valence-corrected chi connectivity index (χ4v) is 4.11. The van der Waals surface area contributed by atoms with Crippen LogP contribution in [0.3, 0.4) is 0 Å². The SMILES string of the molecule is CCOC(=O)c1cc(-c2ccccc2)sc1NC(=O)C[NH+]1CCCC1. The summed E-state index contributed by atoms with van der Waals surface area (Å²) in [6.07, 6.45) is 2.35. The molecule has 132 valence electrons. The first kappa shape index (κ1) is 17.6. The van der Waals surface area contributed by atoms with Crippen LogP contribution < -0.4 is 10.2 Å². The molecule has 1 aromatic carbocycles. The van der Waals surface area contributed by atoms with Crippen LogP contribution in [0.5, 0.6) is 0 Å². The van der Waals surface area contributed by atoms with Gasteiger partial charge in [0, 0.05) is 17.7 Å². The van der Waals surface area contributed by atoms with Gasteiger partial charge in [-0.25, -0.2) is 4.79 Å². The number of quaternary nitrogens is 1. The topological polar surface area (TPSA) is 59.8 Å². The highest BCUT2D eigenvalue weighted by Gasteiger charge is 2.23. The highest BCUT2D eigenvalue weighted by atomic mass is 32.1. The molecule has 1 aliphatic heterocycles. The largest absolute Gasteiger partial charge is 0.462 e. The Hall–Kier alpha value is -2.18. The van der Waals surface area contributed by atoms with Crippen molar-refractivity contribution in [3.8, 4) is 10.4 Å². The van der Waals surface area contributed by atoms with Crippen molar-refractivity contribution < 1.29 is 19.2 Å². The van der Waals surface area contributed by atoms with Crippen LogP contribution >= 0.6 is 11.3 Å². The molecule has 0 unspecified atom stereocenters. The molecule has 1 saturated heterocycles. The van der Waals surface area contributed by atoms with Crippen molar-refractivity contribution in [2.45, 2.75) is 19.8 Å². The maximum absolute atomic E-state index is 12.4. The fourth-order valence-electron chi connectivity index (χ4n) is 3.04. The molecule has 2 aromatic rings. The second-order valence-electron chi connectivity index (χ2n) is 6.12. The number of amides is 1. The zero-order valence-electron chi connectivity index (χ0n) is 14.3. The third-order valence-electron chi connectivity index (χ3n) is 4.26. The van der Waals surface area contributed by atoms with Gasteiger partial charge in [-0.1, -0.05) is 30.3 Å². The van der Waals surface area contributed by atoms with Gasteiger partial charge in [-0.2, -0.15) is 0 Å². The van der Waals surface area contributed by atoms with Crippen LogP contribution in [0.4, 0.5) is 5.00 Å². The van der Waals surface area contributed by atoms with E-state index < -0.39 is 5.97 Å². The molecule has 5 nitrogen and oxygen atoms in total. The molecule has 0 bridgehead atoms. The van der Waals surface area contributed by atoms with Crippen molar-refractivity contribution in [3.63, 3.8) is 0 Å². The molecule has 25 heavy (non-hydrogen) atoms. The maximum atomic E-state index is 12.4. The van der Waals surface area contributed by atoms with E-state index >= 15 is 0 Å². The predicted octanol–water partition coefficient (Wildman–Crippen LogP) is 2.21. The van der Waals surface area contributed by atoms with Crippen molar-refractivity contribution in [2.24, 2.45) is 0 Å². The minimum Gasteiger partial charge on any atom is -0.462 e. The Morgan fingerprint density at radius 1 is 1.20 bits per heavy atom. The normalized spacial score (nSPS) is 14.4. The molecule has 1 aromatic heterocycles. The van der Waals surface area contributed by atoms with E-state index in [1.807, 2.05) is 30.3 Å². The molecule has 1 fully saturated rings. The highest BCUT2D eigenvalue weighted by Crippen LogP contribution is 2.35. The van der Waals surface area contributed by atoms with Crippen molar-refractivity contribution >= 4 is 28.2 Å². The van der Waals surface area contributed by atoms with E-state index in [9.17, 15) is 9.59 Å². The van der Waals surface area contributed by atoms with E-state index in [0.717, 1.165) is 23.5 Å². The monoisotopic (exact) mass is 359 g/mol. The third kappa shape index (κ3) is 4.46. The number of benzene rings is 1. The molecular formula is C19H23N2O3S+. The Balaban J connectivity index is 1.81. The Labute approximate surface area is 151 Å². The zero-order valence-corrected chi connectivity index (χ0v) is 15.2. The van der Waals surface area contributed by atoms with E-state index in [-0.39, 0.29) is 5.91 Å². The number of anilines is 1. The molecule has 3 rings (SSSR count). The van der Waals surface area contributed by atoms with E-state index in [2.05, 4.69) is 5.32 Å². The van der Waals surface area contributed by atoms with Gasteiger partial charge in [0.15, 0.2) is 6.54 Å². The van der Waals surface area contributed by atoms with Crippen LogP contribution in [0, 0.1) is 0 Å². The Bertz CT molecular complexity index is 736. The molecule has 1 amide bonds. The van der Waals surface area contributed by atoms with Gasteiger partial charge in [0.1, 0.15) is 5.00 Å². The number of ether oxygens (including phenoxy) is 1. The van der Waals surface area contributed by atoms with Crippen molar-refractivity contribution in [1.29, 1.82) is 0 Å². The van der Waals surface area contributed by atoms with Gasteiger partial charge in [-0.05, 0) is 18.6 Å². The lowest BCUT2D eigenvalue weighted by atomic mass is 10.1. The molecular weight excluding hydrogens is 336 g/mol. The van der Waals surface area contributed by atoms with Crippen LogP contribution in [0.1, 0.15) is 30.1 Å². The average molecular weight is 359 g/mol. The number of esters is 1. The maximum Gasteiger partial charge on any atom is 0.341 e. The standard InChI is InChI=1S/C19H22N2O3S/c1-2-24-19(23)15-12-16(14-8-4-3-5-9-14)25-18(15)20-17(22)13-21-10-6-7-11-21/h3-5,8-9,12H,2,6-7,10-11,13H2,1H3,(H,20,22)/p+1. The van der Waals surface area contributed by atoms with Crippen LogP contribution in [0.2, 0.25) is 0 Å². The van der Waals surface area contributed by atoms with E-state index in [1.165, 1.54) is 29.1 Å². The number of rotatable bonds is 6. The third-order valence-corrected chi connectivity index (χ3v) is 5.36. The molecule has 1 aliphatic rings. The smallest absolute Gasteiger partial charge is 0.341 e. The number of carbonyl (C=O) groups is 2. The van der Waals surface area contributed by atoms with Crippen LogP contribution in [-0.4, -0.2) is 38.1 Å². The Morgan fingerprint density at radius 2 is 1.92 bits per heavy atom. The highest BCUT2D eigenvalue weighted by molar-refractivity contribution is 7.20. The summed E-state index contributed by atoms with van der Waals surface area (Å²) in [5, 5.41) is 3.50. The number of hydrogen-bond acceptors (Lipinski definition) is 4. The molecule has 6 heteroatoms. The zero-order chi connectivity index (χ0) is 17.6. The summed E-state index contributed by atoms with van der Waals surface area (Å²) in [6.45, 7) is 4.61. The average Bonchev–Trinajstić information content (AvgIpc) is 3.26. The van der Waals surface area contributed by atoms with E-state index in [1.54, 1.807) is 13.0 Å². The van der Waals surface area contributed by atoms with Gasteiger partial charge < -0.3 is 15.0 Å².